The number of ether oxygens (including phenoxy) is 1. The molecule has 0 fully saturated rings. The van der Waals surface area contributed by atoms with Gasteiger partial charge in [-0.2, -0.15) is 0 Å². The molecule has 0 spiro atoms. The number of fused-ring (bicyclic) bond motifs is 1. The fraction of sp³-hybridized carbons (Fsp3) is 0.222. The third-order valence-corrected chi connectivity index (χ3v) is 2.67. The molecule has 0 aromatic heterocycles. The standard InChI is InChI=1S/C9H6BrClO2/c10-6-1-5-2-7(4-12)13-9(5)8(11)3-6/h1,3-4,7H,2H2. The Morgan fingerprint density at radius 3 is 3.08 bits per heavy atom. The summed E-state index contributed by atoms with van der Waals surface area (Å²) in [5, 5.41) is 0.550. The van der Waals surface area contributed by atoms with Gasteiger partial charge in [0.2, 0.25) is 0 Å². The van der Waals surface area contributed by atoms with Crippen LogP contribution in [0, 0.1) is 0 Å². The van der Waals surface area contributed by atoms with Crippen LogP contribution in [0.1, 0.15) is 5.56 Å². The van der Waals surface area contributed by atoms with Gasteiger partial charge in [0.25, 0.3) is 0 Å². The Hall–Kier alpha value is -0.540. The lowest BCUT2D eigenvalue weighted by Gasteiger charge is -2.03. The van der Waals surface area contributed by atoms with Crippen molar-refractivity contribution in [3.8, 4) is 5.75 Å². The van der Waals surface area contributed by atoms with E-state index in [1.807, 2.05) is 6.07 Å². The molecular weight excluding hydrogens is 255 g/mol. The van der Waals surface area contributed by atoms with E-state index >= 15 is 0 Å². The molecule has 1 aromatic carbocycles. The molecule has 2 rings (SSSR count). The van der Waals surface area contributed by atoms with Crippen molar-refractivity contribution in [2.45, 2.75) is 12.5 Å². The molecular formula is C9H6BrClO2. The van der Waals surface area contributed by atoms with Crippen LogP contribution in [-0.4, -0.2) is 12.4 Å². The summed E-state index contributed by atoms with van der Waals surface area (Å²) in [4.78, 5) is 10.5. The highest BCUT2D eigenvalue weighted by molar-refractivity contribution is 9.10. The van der Waals surface area contributed by atoms with Gasteiger partial charge in [-0.3, -0.25) is 4.79 Å². The van der Waals surface area contributed by atoms with Crippen molar-refractivity contribution in [3.63, 3.8) is 0 Å². The van der Waals surface area contributed by atoms with Crippen molar-refractivity contribution in [2.75, 3.05) is 0 Å². The van der Waals surface area contributed by atoms with E-state index in [-0.39, 0.29) is 6.10 Å². The Balaban J connectivity index is 2.45. The molecule has 0 saturated heterocycles. The molecule has 2 nitrogen and oxygen atoms in total. The number of rotatable bonds is 1. The number of hydrogen-bond donors (Lipinski definition) is 0. The summed E-state index contributed by atoms with van der Waals surface area (Å²) in [6.07, 6.45) is 1.03. The molecule has 0 saturated carbocycles. The summed E-state index contributed by atoms with van der Waals surface area (Å²) >= 11 is 9.26. The number of carbonyl (C=O) groups is 1. The lowest BCUT2D eigenvalue weighted by molar-refractivity contribution is -0.113. The van der Waals surface area contributed by atoms with Gasteiger partial charge in [0.05, 0.1) is 5.02 Å². The summed E-state index contributed by atoms with van der Waals surface area (Å²) in [6.45, 7) is 0. The third kappa shape index (κ3) is 1.58. The summed E-state index contributed by atoms with van der Waals surface area (Å²) < 4.78 is 6.23. The normalized spacial score (nSPS) is 19.4. The fourth-order valence-electron chi connectivity index (χ4n) is 1.38. The first-order chi connectivity index (χ1) is 6.20. The van der Waals surface area contributed by atoms with E-state index in [2.05, 4.69) is 15.9 Å². The van der Waals surface area contributed by atoms with E-state index in [4.69, 9.17) is 16.3 Å². The van der Waals surface area contributed by atoms with Gasteiger partial charge in [-0.1, -0.05) is 27.5 Å². The molecule has 0 radical (unpaired) electrons. The largest absolute Gasteiger partial charge is 0.481 e. The highest BCUT2D eigenvalue weighted by Crippen LogP contribution is 2.37. The monoisotopic (exact) mass is 260 g/mol. The molecule has 0 amide bonds. The Morgan fingerprint density at radius 2 is 2.38 bits per heavy atom. The lowest BCUT2D eigenvalue weighted by atomic mass is 10.1. The first kappa shape index (κ1) is 9.03. The average Bonchev–Trinajstić information content (AvgIpc) is 2.47. The molecule has 1 heterocycles. The number of benzene rings is 1. The van der Waals surface area contributed by atoms with Crippen molar-refractivity contribution in [1.82, 2.24) is 0 Å². The molecule has 68 valence electrons. The molecule has 1 atom stereocenters. The zero-order valence-corrected chi connectivity index (χ0v) is 8.93. The van der Waals surface area contributed by atoms with Crippen LogP contribution in [0.15, 0.2) is 16.6 Å². The van der Waals surface area contributed by atoms with E-state index in [1.165, 1.54) is 0 Å². The third-order valence-electron chi connectivity index (χ3n) is 1.93. The zero-order chi connectivity index (χ0) is 9.42. The van der Waals surface area contributed by atoms with Gasteiger partial charge in [-0.25, -0.2) is 0 Å². The Kier molecular flexibility index (Phi) is 2.30. The van der Waals surface area contributed by atoms with Gasteiger partial charge < -0.3 is 4.74 Å². The van der Waals surface area contributed by atoms with Crippen LogP contribution in [0.5, 0.6) is 5.75 Å². The molecule has 0 bridgehead atoms. The summed E-state index contributed by atoms with van der Waals surface area (Å²) in [6, 6.07) is 3.68. The van der Waals surface area contributed by atoms with Crippen LogP contribution in [-0.2, 0) is 11.2 Å². The first-order valence-electron chi connectivity index (χ1n) is 3.80. The van der Waals surface area contributed by atoms with Crippen molar-refractivity contribution in [2.24, 2.45) is 0 Å². The molecule has 4 heteroatoms. The van der Waals surface area contributed by atoms with Gasteiger partial charge in [0.15, 0.2) is 12.4 Å². The summed E-state index contributed by atoms with van der Waals surface area (Å²) in [5.41, 5.74) is 0.983. The maximum Gasteiger partial charge on any atom is 0.160 e. The average molecular weight is 262 g/mol. The summed E-state index contributed by atoms with van der Waals surface area (Å²) in [5.74, 6) is 0.641. The van der Waals surface area contributed by atoms with Crippen molar-refractivity contribution in [3.05, 3.63) is 27.2 Å². The molecule has 1 unspecified atom stereocenters. The van der Waals surface area contributed by atoms with E-state index in [0.717, 1.165) is 16.3 Å². The van der Waals surface area contributed by atoms with Gasteiger partial charge >= 0.3 is 0 Å². The van der Waals surface area contributed by atoms with Crippen molar-refractivity contribution >= 4 is 33.8 Å². The van der Waals surface area contributed by atoms with Gasteiger partial charge in [0.1, 0.15) is 5.75 Å². The maximum absolute atomic E-state index is 10.5. The van der Waals surface area contributed by atoms with E-state index < -0.39 is 0 Å². The van der Waals surface area contributed by atoms with Crippen molar-refractivity contribution < 1.29 is 9.53 Å². The van der Waals surface area contributed by atoms with Crippen molar-refractivity contribution in [1.29, 1.82) is 0 Å². The Labute approximate surface area is 89.0 Å². The van der Waals surface area contributed by atoms with Gasteiger partial charge in [0, 0.05) is 16.5 Å². The van der Waals surface area contributed by atoms with Gasteiger partial charge in [-0.05, 0) is 12.1 Å². The Bertz CT molecular complexity index is 365. The van der Waals surface area contributed by atoms with E-state index in [9.17, 15) is 4.79 Å². The molecule has 0 aliphatic carbocycles. The first-order valence-corrected chi connectivity index (χ1v) is 4.97. The van der Waals surface area contributed by atoms with Crippen LogP contribution in [0.3, 0.4) is 0 Å². The topological polar surface area (TPSA) is 26.3 Å². The highest BCUT2D eigenvalue weighted by Gasteiger charge is 2.24. The number of hydrogen-bond acceptors (Lipinski definition) is 2. The van der Waals surface area contributed by atoms with Crippen LogP contribution >= 0.6 is 27.5 Å². The SMILES string of the molecule is O=CC1Cc2cc(Br)cc(Cl)c2O1. The second-order valence-corrected chi connectivity index (χ2v) is 4.20. The number of carbonyl (C=O) groups excluding carboxylic acids is 1. The molecule has 0 N–H and O–H groups in total. The van der Waals surface area contributed by atoms with Gasteiger partial charge in [-0.15, -0.1) is 0 Å². The lowest BCUT2D eigenvalue weighted by Crippen LogP contribution is -2.13. The second-order valence-electron chi connectivity index (χ2n) is 2.87. The van der Waals surface area contributed by atoms with Crippen LogP contribution in [0.25, 0.3) is 0 Å². The molecule has 1 aromatic rings. The van der Waals surface area contributed by atoms with Crippen LogP contribution in [0.2, 0.25) is 5.02 Å². The minimum atomic E-state index is -0.373. The molecule has 1 aliphatic heterocycles. The Morgan fingerprint density at radius 1 is 1.62 bits per heavy atom. The van der Waals surface area contributed by atoms with Crippen LogP contribution in [0.4, 0.5) is 0 Å². The van der Waals surface area contributed by atoms with Crippen LogP contribution < -0.4 is 4.74 Å². The molecule has 13 heavy (non-hydrogen) atoms. The minimum Gasteiger partial charge on any atom is -0.481 e. The van der Waals surface area contributed by atoms with E-state index in [1.54, 1.807) is 6.07 Å². The zero-order valence-electron chi connectivity index (χ0n) is 6.59. The number of halogens is 2. The predicted molar refractivity (Wildman–Crippen MR) is 53.3 cm³/mol. The predicted octanol–water partition coefficient (Wildman–Crippen LogP) is 2.60. The maximum atomic E-state index is 10.5. The fourth-order valence-corrected chi connectivity index (χ4v) is 2.30. The summed E-state index contributed by atoms with van der Waals surface area (Å²) in [7, 11) is 0. The minimum absolute atomic E-state index is 0.373. The number of aldehydes is 1. The smallest absolute Gasteiger partial charge is 0.160 e. The highest BCUT2D eigenvalue weighted by atomic mass is 79.9. The molecule has 1 aliphatic rings. The quantitative estimate of drug-likeness (QED) is 0.727. The van der Waals surface area contributed by atoms with E-state index in [0.29, 0.717) is 17.2 Å². The second kappa shape index (κ2) is 3.31.